The number of hydrogen-bond acceptors (Lipinski definition) is 2. The third-order valence-electron chi connectivity index (χ3n) is 2.38. The van der Waals surface area contributed by atoms with Crippen molar-refractivity contribution in [2.24, 2.45) is 5.73 Å². The molecular weight excluding hydrogens is 184 g/mol. The van der Waals surface area contributed by atoms with E-state index in [1.165, 1.54) is 0 Å². The summed E-state index contributed by atoms with van der Waals surface area (Å²) >= 11 is 0. The van der Waals surface area contributed by atoms with Crippen LogP contribution in [0, 0.1) is 0 Å². The molecule has 0 amide bonds. The van der Waals surface area contributed by atoms with Gasteiger partial charge in [0.2, 0.25) is 0 Å². The molecule has 15 heavy (non-hydrogen) atoms. The van der Waals surface area contributed by atoms with E-state index in [1.807, 2.05) is 32.2 Å². The summed E-state index contributed by atoms with van der Waals surface area (Å²) in [5.41, 5.74) is 10.1. The predicted molar refractivity (Wildman–Crippen MR) is 65.4 cm³/mol. The van der Waals surface area contributed by atoms with Crippen LogP contribution in [0.4, 0.5) is 0 Å². The first-order valence-corrected chi connectivity index (χ1v) is 5.22. The first-order valence-electron chi connectivity index (χ1n) is 5.22. The van der Waals surface area contributed by atoms with Crippen LogP contribution in [0.15, 0.2) is 23.9 Å². The molecule has 1 rings (SSSR count). The molecule has 82 valence electrons. The zero-order valence-corrected chi connectivity index (χ0v) is 10.3. The second kappa shape index (κ2) is 4.05. The minimum atomic E-state index is 0.0955. The molecule has 0 unspecified atom stereocenters. The quantitative estimate of drug-likeness (QED) is 0.763. The van der Waals surface area contributed by atoms with E-state index in [-0.39, 0.29) is 5.41 Å². The number of allylic oxidation sites excluding steroid dienone is 1. The number of nitrogens with two attached hydrogens (primary N) is 1. The van der Waals surface area contributed by atoms with Crippen LogP contribution in [0.25, 0.3) is 5.70 Å². The number of nitrogens with zero attached hydrogens (tertiary/aromatic N) is 1. The number of pyridine rings is 1. The molecule has 0 bridgehead atoms. The lowest BCUT2D eigenvalue weighted by atomic mass is 9.91. The molecule has 0 aliphatic heterocycles. The van der Waals surface area contributed by atoms with Crippen molar-refractivity contribution in [1.29, 1.82) is 0 Å². The molecule has 0 atom stereocenters. The highest BCUT2D eigenvalue weighted by atomic mass is 14.7. The first-order chi connectivity index (χ1) is 6.82. The van der Waals surface area contributed by atoms with E-state index in [0.29, 0.717) is 0 Å². The Labute approximate surface area is 92.2 Å². The Bertz CT molecular complexity index is 363. The molecule has 2 heteroatoms. The molecule has 2 N–H and O–H groups in total. The highest BCUT2D eigenvalue weighted by Gasteiger charge is 2.14. The zero-order chi connectivity index (χ0) is 11.6. The van der Waals surface area contributed by atoms with Gasteiger partial charge in [0, 0.05) is 28.6 Å². The Morgan fingerprint density at radius 2 is 1.80 bits per heavy atom. The minimum Gasteiger partial charge on any atom is -0.398 e. The van der Waals surface area contributed by atoms with Crippen LogP contribution >= 0.6 is 0 Å². The lowest BCUT2D eigenvalue weighted by molar-refractivity contribution is 0.569. The highest BCUT2D eigenvalue weighted by Crippen LogP contribution is 2.21. The van der Waals surface area contributed by atoms with E-state index in [0.717, 1.165) is 22.5 Å². The lowest BCUT2D eigenvalue weighted by Gasteiger charge is -2.17. The first kappa shape index (κ1) is 11.8. The average molecular weight is 204 g/mol. The van der Waals surface area contributed by atoms with Crippen molar-refractivity contribution in [3.05, 3.63) is 35.2 Å². The molecule has 0 spiro atoms. The van der Waals surface area contributed by atoms with Crippen LogP contribution in [-0.2, 0) is 5.41 Å². The van der Waals surface area contributed by atoms with Gasteiger partial charge in [-0.3, -0.25) is 4.98 Å². The van der Waals surface area contributed by atoms with Gasteiger partial charge >= 0.3 is 0 Å². The van der Waals surface area contributed by atoms with Crippen molar-refractivity contribution in [2.75, 3.05) is 0 Å². The fourth-order valence-electron chi connectivity index (χ4n) is 1.29. The summed E-state index contributed by atoms with van der Waals surface area (Å²) in [5, 5.41) is 0. The van der Waals surface area contributed by atoms with Gasteiger partial charge in [0.25, 0.3) is 0 Å². The molecule has 1 aromatic rings. The fourth-order valence-corrected chi connectivity index (χ4v) is 1.29. The van der Waals surface area contributed by atoms with Gasteiger partial charge in [-0.2, -0.15) is 0 Å². The van der Waals surface area contributed by atoms with Crippen LogP contribution < -0.4 is 5.73 Å². The summed E-state index contributed by atoms with van der Waals surface area (Å²) in [6, 6.07) is 4.08. The van der Waals surface area contributed by atoms with Crippen molar-refractivity contribution in [2.45, 2.75) is 40.0 Å². The molecule has 0 aromatic carbocycles. The number of hydrogen-bond donors (Lipinski definition) is 1. The molecule has 0 radical (unpaired) electrons. The van der Waals surface area contributed by atoms with Crippen LogP contribution in [0.1, 0.15) is 45.9 Å². The van der Waals surface area contributed by atoms with Gasteiger partial charge < -0.3 is 5.73 Å². The molecule has 1 aromatic heterocycles. The summed E-state index contributed by atoms with van der Waals surface area (Å²) in [7, 11) is 0. The zero-order valence-electron chi connectivity index (χ0n) is 10.3. The molecule has 1 heterocycles. The third-order valence-corrected chi connectivity index (χ3v) is 2.38. The van der Waals surface area contributed by atoms with E-state index >= 15 is 0 Å². The number of rotatable bonds is 1. The third kappa shape index (κ3) is 2.82. The Morgan fingerprint density at radius 1 is 1.20 bits per heavy atom. The lowest BCUT2D eigenvalue weighted by Crippen LogP contribution is -2.13. The van der Waals surface area contributed by atoms with Gasteiger partial charge in [-0.25, -0.2) is 0 Å². The van der Waals surface area contributed by atoms with Crippen molar-refractivity contribution in [1.82, 2.24) is 4.98 Å². The molecule has 0 fully saturated rings. The van der Waals surface area contributed by atoms with Gasteiger partial charge in [0.05, 0.1) is 0 Å². The number of aromatic nitrogens is 1. The van der Waals surface area contributed by atoms with E-state index in [4.69, 9.17) is 5.73 Å². The minimum absolute atomic E-state index is 0.0955. The summed E-state index contributed by atoms with van der Waals surface area (Å²) in [6.07, 6.45) is 1.85. The Morgan fingerprint density at radius 3 is 2.13 bits per heavy atom. The van der Waals surface area contributed by atoms with Crippen LogP contribution in [0.3, 0.4) is 0 Å². The topological polar surface area (TPSA) is 38.9 Å². The Hall–Kier alpha value is -1.31. The van der Waals surface area contributed by atoms with E-state index in [2.05, 4.69) is 25.8 Å². The molecule has 0 aliphatic rings. The summed E-state index contributed by atoms with van der Waals surface area (Å²) in [6.45, 7) is 10.5. The Kier molecular flexibility index (Phi) is 3.18. The fraction of sp³-hybridized carbons (Fsp3) is 0.462. The maximum atomic E-state index is 5.94. The van der Waals surface area contributed by atoms with Crippen molar-refractivity contribution < 1.29 is 0 Å². The van der Waals surface area contributed by atoms with Crippen molar-refractivity contribution in [3.63, 3.8) is 0 Å². The maximum absolute atomic E-state index is 5.94. The predicted octanol–water partition coefficient (Wildman–Crippen LogP) is 3.09. The van der Waals surface area contributed by atoms with Gasteiger partial charge in [0.15, 0.2) is 0 Å². The summed E-state index contributed by atoms with van der Waals surface area (Å²) < 4.78 is 0. The second-order valence-corrected chi connectivity index (χ2v) is 5.10. The summed E-state index contributed by atoms with van der Waals surface area (Å²) in [4.78, 5) is 4.44. The van der Waals surface area contributed by atoms with E-state index in [1.54, 1.807) is 0 Å². The Balaban J connectivity index is 3.07. The van der Waals surface area contributed by atoms with E-state index < -0.39 is 0 Å². The SMILES string of the molecule is CC(C)=C(N)c1ccc(C(C)(C)C)nc1. The van der Waals surface area contributed by atoms with Crippen LogP contribution in [0.2, 0.25) is 0 Å². The van der Waals surface area contributed by atoms with Gasteiger partial charge in [-0.05, 0) is 26.0 Å². The molecule has 2 nitrogen and oxygen atoms in total. The smallest absolute Gasteiger partial charge is 0.0457 e. The normalized spacial score (nSPS) is 11.3. The summed E-state index contributed by atoms with van der Waals surface area (Å²) in [5.74, 6) is 0. The van der Waals surface area contributed by atoms with Gasteiger partial charge in [0.1, 0.15) is 0 Å². The monoisotopic (exact) mass is 204 g/mol. The van der Waals surface area contributed by atoms with E-state index in [9.17, 15) is 0 Å². The van der Waals surface area contributed by atoms with Crippen LogP contribution in [0.5, 0.6) is 0 Å². The van der Waals surface area contributed by atoms with Gasteiger partial charge in [-0.1, -0.05) is 26.3 Å². The van der Waals surface area contributed by atoms with Crippen molar-refractivity contribution >= 4 is 5.70 Å². The molecule has 0 saturated heterocycles. The highest BCUT2D eigenvalue weighted by molar-refractivity contribution is 5.64. The largest absolute Gasteiger partial charge is 0.398 e. The van der Waals surface area contributed by atoms with Gasteiger partial charge in [-0.15, -0.1) is 0 Å². The molecule has 0 aliphatic carbocycles. The second-order valence-electron chi connectivity index (χ2n) is 5.10. The molecular formula is C13H20N2. The molecule has 0 saturated carbocycles. The van der Waals surface area contributed by atoms with Crippen LogP contribution in [-0.4, -0.2) is 4.98 Å². The standard InChI is InChI=1S/C13H20N2/c1-9(2)12(14)10-6-7-11(15-8-10)13(3,4)5/h6-8H,14H2,1-5H3. The van der Waals surface area contributed by atoms with Crippen molar-refractivity contribution in [3.8, 4) is 0 Å². The maximum Gasteiger partial charge on any atom is 0.0457 e. The average Bonchev–Trinajstić information content (AvgIpc) is 2.15.